The third-order valence-corrected chi connectivity index (χ3v) is 2.58. The summed E-state index contributed by atoms with van der Waals surface area (Å²) in [6.45, 7) is 2.59. The lowest BCUT2D eigenvalue weighted by Gasteiger charge is -2.11. The number of aliphatic hydroxyl groups excluding tert-OH is 1. The van der Waals surface area contributed by atoms with Gasteiger partial charge in [-0.15, -0.1) is 0 Å². The highest BCUT2D eigenvalue weighted by atomic mass is 16.5. The second-order valence-electron chi connectivity index (χ2n) is 4.13. The highest BCUT2D eigenvalue weighted by Crippen LogP contribution is 2.10. The lowest BCUT2D eigenvalue weighted by Crippen LogP contribution is -2.17. The van der Waals surface area contributed by atoms with Crippen LogP contribution in [0.5, 0.6) is 5.75 Å². The molecule has 0 aliphatic heterocycles. The Kier molecular flexibility index (Phi) is 6.66. The van der Waals surface area contributed by atoms with E-state index in [-0.39, 0.29) is 6.10 Å². The highest BCUT2D eigenvalue weighted by Gasteiger charge is 2.04. The summed E-state index contributed by atoms with van der Waals surface area (Å²) in [7, 11) is 0. The molecule has 90 valence electrons. The molecule has 1 unspecified atom stereocenters. The molecule has 1 atom stereocenters. The van der Waals surface area contributed by atoms with Crippen molar-refractivity contribution in [3.05, 3.63) is 30.3 Å². The maximum atomic E-state index is 9.68. The van der Waals surface area contributed by atoms with E-state index in [0.29, 0.717) is 6.61 Å². The Morgan fingerprint density at radius 2 is 1.88 bits per heavy atom. The molecule has 0 spiro atoms. The summed E-state index contributed by atoms with van der Waals surface area (Å²) >= 11 is 0. The second kappa shape index (κ2) is 8.17. The van der Waals surface area contributed by atoms with Crippen molar-refractivity contribution in [1.82, 2.24) is 0 Å². The Balaban J connectivity index is 2.08. The minimum atomic E-state index is -0.336. The number of ether oxygens (including phenoxy) is 1. The quantitative estimate of drug-likeness (QED) is 0.683. The molecule has 0 radical (unpaired) electrons. The Bertz CT molecular complexity index is 259. The third kappa shape index (κ3) is 5.76. The average molecular weight is 222 g/mol. The molecule has 1 N–H and O–H groups in total. The summed E-state index contributed by atoms with van der Waals surface area (Å²) in [6.07, 6.45) is 5.29. The molecule has 0 saturated heterocycles. The highest BCUT2D eigenvalue weighted by molar-refractivity contribution is 5.20. The van der Waals surface area contributed by atoms with Gasteiger partial charge in [0.1, 0.15) is 12.4 Å². The molecular formula is C14H22O2. The van der Waals surface area contributed by atoms with Crippen LogP contribution in [0.2, 0.25) is 0 Å². The summed E-state index contributed by atoms with van der Waals surface area (Å²) in [5, 5.41) is 9.68. The average Bonchev–Trinajstić information content (AvgIpc) is 2.33. The molecule has 0 aliphatic rings. The Morgan fingerprint density at radius 3 is 2.56 bits per heavy atom. The fourth-order valence-corrected chi connectivity index (χ4v) is 1.60. The van der Waals surface area contributed by atoms with Crippen LogP contribution in [0.15, 0.2) is 30.3 Å². The summed E-state index contributed by atoms with van der Waals surface area (Å²) in [4.78, 5) is 0. The first kappa shape index (κ1) is 13.0. The number of hydrogen-bond acceptors (Lipinski definition) is 2. The fourth-order valence-electron chi connectivity index (χ4n) is 1.60. The van der Waals surface area contributed by atoms with Crippen molar-refractivity contribution < 1.29 is 9.84 Å². The Hall–Kier alpha value is -1.02. The zero-order valence-corrected chi connectivity index (χ0v) is 10.1. The number of unbranched alkanes of at least 4 members (excludes halogenated alkanes) is 3. The van der Waals surface area contributed by atoms with Crippen molar-refractivity contribution >= 4 is 0 Å². The van der Waals surface area contributed by atoms with Gasteiger partial charge in [-0.05, 0) is 18.6 Å². The Labute approximate surface area is 98.3 Å². The van der Waals surface area contributed by atoms with E-state index in [1.54, 1.807) is 0 Å². The van der Waals surface area contributed by atoms with Crippen molar-refractivity contribution in [2.45, 2.75) is 45.1 Å². The van der Waals surface area contributed by atoms with Gasteiger partial charge >= 0.3 is 0 Å². The van der Waals surface area contributed by atoms with Gasteiger partial charge in [-0.2, -0.15) is 0 Å². The number of benzene rings is 1. The summed E-state index contributed by atoms with van der Waals surface area (Å²) in [6, 6.07) is 9.63. The normalized spacial score (nSPS) is 12.4. The zero-order chi connectivity index (χ0) is 11.6. The molecule has 2 heteroatoms. The van der Waals surface area contributed by atoms with E-state index in [1.165, 1.54) is 19.3 Å². The first-order valence-electron chi connectivity index (χ1n) is 6.19. The van der Waals surface area contributed by atoms with Gasteiger partial charge in [0.05, 0.1) is 6.10 Å². The summed E-state index contributed by atoms with van der Waals surface area (Å²) in [5.74, 6) is 0.829. The smallest absolute Gasteiger partial charge is 0.119 e. The molecule has 0 saturated carbocycles. The SMILES string of the molecule is CCCCCCC(O)COc1ccccc1. The van der Waals surface area contributed by atoms with Crippen LogP contribution < -0.4 is 4.74 Å². The van der Waals surface area contributed by atoms with Crippen molar-refractivity contribution in [1.29, 1.82) is 0 Å². The minimum absolute atomic E-state index is 0.336. The molecule has 0 aliphatic carbocycles. The van der Waals surface area contributed by atoms with E-state index < -0.39 is 0 Å². The molecule has 0 aromatic heterocycles. The largest absolute Gasteiger partial charge is 0.491 e. The van der Waals surface area contributed by atoms with Crippen LogP contribution in [-0.2, 0) is 0 Å². The molecule has 0 bridgehead atoms. The van der Waals surface area contributed by atoms with Crippen molar-refractivity contribution in [2.75, 3.05) is 6.61 Å². The van der Waals surface area contributed by atoms with Gasteiger partial charge in [-0.25, -0.2) is 0 Å². The van der Waals surface area contributed by atoms with Gasteiger partial charge in [0.25, 0.3) is 0 Å². The van der Waals surface area contributed by atoms with Gasteiger partial charge in [0.2, 0.25) is 0 Å². The maximum Gasteiger partial charge on any atom is 0.119 e. The van der Waals surface area contributed by atoms with Gasteiger partial charge in [0.15, 0.2) is 0 Å². The third-order valence-electron chi connectivity index (χ3n) is 2.58. The van der Waals surface area contributed by atoms with Crippen LogP contribution in [0.1, 0.15) is 39.0 Å². The van der Waals surface area contributed by atoms with Crippen LogP contribution >= 0.6 is 0 Å². The molecule has 0 heterocycles. The predicted molar refractivity (Wildman–Crippen MR) is 66.7 cm³/mol. The lowest BCUT2D eigenvalue weighted by atomic mass is 10.1. The fraction of sp³-hybridized carbons (Fsp3) is 0.571. The molecule has 16 heavy (non-hydrogen) atoms. The molecule has 0 amide bonds. The standard InChI is InChI=1S/C14H22O2/c1-2-3-4-6-9-13(15)12-16-14-10-7-5-8-11-14/h5,7-8,10-11,13,15H,2-4,6,9,12H2,1H3. The van der Waals surface area contributed by atoms with Crippen molar-refractivity contribution in [3.63, 3.8) is 0 Å². The predicted octanol–water partition coefficient (Wildman–Crippen LogP) is 3.40. The first-order chi connectivity index (χ1) is 7.83. The second-order valence-corrected chi connectivity index (χ2v) is 4.13. The van der Waals surface area contributed by atoms with E-state index >= 15 is 0 Å². The van der Waals surface area contributed by atoms with E-state index in [1.807, 2.05) is 30.3 Å². The van der Waals surface area contributed by atoms with Crippen LogP contribution in [0.3, 0.4) is 0 Å². The van der Waals surface area contributed by atoms with Crippen LogP contribution in [0, 0.1) is 0 Å². The van der Waals surface area contributed by atoms with E-state index in [4.69, 9.17) is 4.74 Å². The van der Waals surface area contributed by atoms with E-state index in [9.17, 15) is 5.11 Å². The minimum Gasteiger partial charge on any atom is -0.491 e. The molecule has 1 rings (SSSR count). The molecule has 2 nitrogen and oxygen atoms in total. The molecule has 1 aromatic carbocycles. The van der Waals surface area contributed by atoms with Crippen LogP contribution in [-0.4, -0.2) is 17.8 Å². The van der Waals surface area contributed by atoms with Crippen molar-refractivity contribution in [2.24, 2.45) is 0 Å². The molecule has 1 aromatic rings. The molecule has 0 fully saturated rings. The van der Waals surface area contributed by atoms with Gasteiger partial charge in [0, 0.05) is 0 Å². The lowest BCUT2D eigenvalue weighted by molar-refractivity contribution is 0.0975. The number of aliphatic hydroxyl groups is 1. The monoisotopic (exact) mass is 222 g/mol. The van der Waals surface area contributed by atoms with Crippen molar-refractivity contribution in [3.8, 4) is 5.75 Å². The number of para-hydroxylation sites is 1. The van der Waals surface area contributed by atoms with Gasteiger partial charge < -0.3 is 9.84 Å². The number of hydrogen-bond donors (Lipinski definition) is 1. The first-order valence-corrected chi connectivity index (χ1v) is 6.19. The summed E-state index contributed by atoms with van der Waals surface area (Å²) < 4.78 is 5.47. The van der Waals surface area contributed by atoms with Gasteiger partial charge in [-0.3, -0.25) is 0 Å². The zero-order valence-electron chi connectivity index (χ0n) is 10.1. The van der Waals surface area contributed by atoms with E-state index in [2.05, 4.69) is 6.92 Å². The Morgan fingerprint density at radius 1 is 1.12 bits per heavy atom. The topological polar surface area (TPSA) is 29.5 Å². The number of rotatable bonds is 8. The maximum absolute atomic E-state index is 9.68. The molecular weight excluding hydrogens is 200 g/mol. The van der Waals surface area contributed by atoms with Crippen LogP contribution in [0.4, 0.5) is 0 Å². The summed E-state index contributed by atoms with van der Waals surface area (Å²) in [5.41, 5.74) is 0. The van der Waals surface area contributed by atoms with Gasteiger partial charge in [-0.1, -0.05) is 50.8 Å². The van der Waals surface area contributed by atoms with E-state index in [0.717, 1.165) is 18.6 Å². The van der Waals surface area contributed by atoms with Crippen LogP contribution in [0.25, 0.3) is 0 Å².